The first kappa shape index (κ1) is 15.4. The molecule has 0 aromatic heterocycles. The van der Waals surface area contributed by atoms with E-state index >= 15 is 0 Å². The minimum absolute atomic E-state index is 0.158. The molecule has 1 aliphatic rings. The number of benzene rings is 1. The third-order valence-electron chi connectivity index (χ3n) is 3.51. The molecule has 1 unspecified atom stereocenters. The Morgan fingerprint density at radius 2 is 1.90 bits per heavy atom. The molecule has 1 heterocycles. The highest BCUT2D eigenvalue weighted by Crippen LogP contribution is 2.25. The molecular weight excluding hydrogens is 281 g/mol. The van der Waals surface area contributed by atoms with Gasteiger partial charge in [0.1, 0.15) is 5.82 Å². The van der Waals surface area contributed by atoms with Crippen LogP contribution < -0.4 is 4.72 Å². The van der Waals surface area contributed by atoms with Crippen molar-refractivity contribution in [1.29, 1.82) is 0 Å². The molecule has 4 nitrogen and oxygen atoms in total. The first-order valence-corrected chi connectivity index (χ1v) is 8.10. The van der Waals surface area contributed by atoms with E-state index in [-0.39, 0.29) is 4.90 Å². The number of sulfonamides is 1. The maximum Gasteiger partial charge on any atom is 0.241 e. The maximum absolute atomic E-state index is 13.3. The molecule has 0 spiro atoms. The molecule has 112 valence electrons. The maximum atomic E-state index is 13.3. The van der Waals surface area contributed by atoms with Gasteiger partial charge in [-0.15, -0.1) is 0 Å². The third-order valence-corrected chi connectivity index (χ3v) is 5.46. The normalized spacial score (nSPS) is 23.8. The van der Waals surface area contributed by atoms with Crippen LogP contribution in [-0.2, 0) is 14.8 Å². The monoisotopic (exact) mass is 301 g/mol. The largest absolute Gasteiger partial charge is 0.380 e. The minimum Gasteiger partial charge on any atom is -0.380 e. The standard InChI is InChI=1S/C14H20FNO3S/c1-10-7-12(15)8-11(2)13(10)20(17,18)16-14(3)5-4-6-19-9-14/h7-8,16H,4-6,9H2,1-3H3. The van der Waals surface area contributed by atoms with Crippen LogP contribution in [-0.4, -0.2) is 27.2 Å². The van der Waals surface area contributed by atoms with Crippen molar-refractivity contribution in [2.45, 2.75) is 44.0 Å². The van der Waals surface area contributed by atoms with Crippen LogP contribution in [0.15, 0.2) is 17.0 Å². The van der Waals surface area contributed by atoms with E-state index in [2.05, 4.69) is 4.72 Å². The van der Waals surface area contributed by atoms with Gasteiger partial charge in [0.2, 0.25) is 10.0 Å². The summed E-state index contributed by atoms with van der Waals surface area (Å²) in [5.41, 5.74) is 0.218. The fourth-order valence-electron chi connectivity index (χ4n) is 2.71. The second kappa shape index (κ2) is 5.42. The van der Waals surface area contributed by atoms with Crippen LogP contribution in [0.2, 0.25) is 0 Å². The molecule has 0 aliphatic carbocycles. The Bertz CT molecular complexity index is 584. The van der Waals surface area contributed by atoms with Gasteiger partial charge in [-0.25, -0.2) is 17.5 Å². The summed E-state index contributed by atoms with van der Waals surface area (Å²) in [6.45, 7) is 6.05. The number of nitrogens with one attached hydrogen (secondary N) is 1. The van der Waals surface area contributed by atoms with Crippen LogP contribution in [0.4, 0.5) is 4.39 Å². The third kappa shape index (κ3) is 3.19. The highest BCUT2D eigenvalue weighted by atomic mass is 32.2. The van der Waals surface area contributed by atoms with Crippen molar-refractivity contribution in [2.75, 3.05) is 13.2 Å². The Morgan fingerprint density at radius 3 is 2.40 bits per heavy atom. The molecule has 2 rings (SSSR count). The van der Waals surface area contributed by atoms with E-state index in [1.165, 1.54) is 12.1 Å². The zero-order valence-corrected chi connectivity index (χ0v) is 12.8. The first-order valence-electron chi connectivity index (χ1n) is 6.62. The summed E-state index contributed by atoms with van der Waals surface area (Å²) in [6.07, 6.45) is 1.55. The van der Waals surface area contributed by atoms with Crippen LogP contribution >= 0.6 is 0 Å². The number of hydrogen-bond donors (Lipinski definition) is 1. The van der Waals surface area contributed by atoms with Crippen LogP contribution in [0.3, 0.4) is 0 Å². The van der Waals surface area contributed by atoms with Crippen LogP contribution in [0.5, 0.6) is 0 Å². The lowest BCUT2D eigenvalue weighted by Crippen LogP contribution is -2.51. The lowest BCUT2D eigenvalue weighted by molar-refractivity contribution is 0.0386. The number of ether oxygens (including phenoxy) is 1. The average molecular weight is 301 g/mol. The molecule has 1 fully saturated rings. The Hall–Kier alpha value is -0.980. The molecule has 1 N–H and O–H groups in total. The van der Waals surface area contributed by atoms with Gasteiger partial charge >= 0.3 is 0 Å². The zero-order chi connectivity index (χ0) is 15.0. The van der Waals surface area contributed by atoms with E-state index in [1.54, 1.807) is 13.8 Å². The molecule has 1 atom stereocenters. The van der Waals surface area contributed by atoms with Crippen LogP contribution in [0.1, 0.15) is 30.9 Å². The number of rotatable bonds is 3. The Kier molecular flexibility index (Phi) is 4.18. The van der Waals surface area contributed by atoms with Crippen molar-refractivity contribution in [3.05, 3.63) is 29.1 Å². The average Bonchev–Trinajstić information content (AvgIpc) is 2.25. The molecule has 1 aliphatic heterocycles. The summed E-state index contributed by atoms with van der Waals surface area (Å²) in [6, 6.07) is 2.47. The number of aryl methyl sites for hydroxylation is 2. The predicted octanol–water partition coefficient (Wildman–Crippen LogP) is 2.29. The quantitative estimate of drug-likeness (QED) is 0.932. The summed E-state index contributed by atoms with van der Waals surface area (Å²) in [5.74, 6) is -0.425. The van der Waals surface area contributed by atoms with Gasteiger partial charge in [0.05, 0.1) is 17.0 Å². The molecule has 0 saturated carbocycles. The molecule has 6 heteroatoms. The van der Waals surface area contributed by atoms with Gasteiger partial charge in [0.25, 0.3) is 0 Å². The van der Waals surface area contributed by atoms with E-state index in [1.807, 2.05) is 6.92 Å². The zero-order valence-electron chi connectivity index (χ0n) is 12.0. The van der Waals surface area contributed by atoms with Crippen molar-refractivity contribution in [1.82, 2.24) is 4.72 Å². The van der Waals surface area contributed by atoms with Crippen molar-refractivity contribution >= 4 is 10.0 Å². The van der Waals surface area contributed by atoms with Crippen molar-refractivity contribution < 1.29 is 17.5 Å². The molecule has 1 aromatic carbocycles. The van der Waals surface area contributed by atoms with Gasteiger partial charge in [-0.05, 0) is 56.9 Å². The Balaban J connectivity index is 2.36. The summed E-state index contributed by atoms with van der Waals surface area (Å²) >= 11 is 0. The first-order chi connectivity index (χ1) is 9.23. The summed E-state index contributed by atoms with van der Waals surface area (Å²) in [4.78, 5) is 0.158. The summed E-state index contributed by atoms with van der Waals surface area (Å²) in [7, 11) is -3.69. The van der Waals surface area contributed by atoms with E-state index in [0.717, 1.165) is 12.8 Å². The van der Waals surface area contributed by atoms with Gasteiger partial charge in [0, 0.05) is 6.61 Å². The van der Waals surface area contributed by atoms with E-state index in [4.69, 9.17) is 4.74 Å². The van der Waals surface area contributed by atoms with Gasteiger partial charge in [-0.3, -0.25) is 0 Å². The lowest BCUT2D eigenvalue weighted by Gasteiger charge is -2.34. The van der Waals surface area contributed by atoms with Gasteiger partial charge in [-0.2, -0.15) is 0 Å². The second-order valence-electron chi connectivity index (χ2n) is 5.69. The van der Waals surface area contributed by atoms with Crippen molar-refractivity contribution in [2.24, 2.45) is 0 Å². The number of hydrogen-bond acceptors (Lipinski definition) is 3. The molecule has 1 aromatic rings. The molecule has 0 amide bonds. The van der Waals surface area contributed by atoms with E-state index in [0.29, 0.717) is 24.3 Å². The molecule has 20 heavy (non-hydrogen) atoms. The van der Waals surface area contributed by atoms with E-state index < -0.39 is 21.4 Å². The fraction of sp³-hybridized carbons (Fsp3) is 0.571. The smallest absolute Gasteiger partial charge is 0.241 e. The van der Waals surface area contributed by atoms with Crippen LogP contribution in [0.25, 0.3) is 0 Å². The van der Waals surface area contributed by atoms with Crippen molar-refractivity contribution in [3.8, 4) is 0 Å². The van der Waals surface area contributed by atoms with Gasteiger partial charge < -0.3 is 4.74 Å². The number of halogens is 1. The lowest BCUT2D eigenvalue weighted by atomic mass is 9.97. The SMILES string of the molecule is Cc1cc(F)cc(C)c1S(=O)(=O)NC1(C)CCCOC1. The van der Waals surface area contributed by atoms with Crippen LogP contribution in [0, 0.1) is 19.7 Å². The Labute approximate surface area is 119 Å². The second-order valence-corrected chi connectivity index (χ2v) is 7.31. The minimum atomic E-state index is -3.69. The fourth-order valence-corrected chi connectivity index (χ4v) is 4.59. The Morgan fingerprint density at radius 1 is 1.30 bits per heavy atom. The highest BCUT2D eigenvalue weighted by Gasteiger charge is 2.34. The molecule has 1 saturated heterocycles. The van der Waals surface area contributed by atoms with Crippen molar-refractivity contribution in [3.63, 3.8) is 0 Å². The topological polar surface area (TPSA) is 55.4 Å². The summed E-state index contributed by atoms with van der Waals surface area (Å²) < 4.78 is 46.5. The van der Waals surface area contributed by atoms with Gasteiger partial charge in [-0.1, -0.05) is 0 Å². The molecular formula is C14H20FNO3S. The van der Waals surface area contributed by atoms with Gasteiger partial charge in [0.15, 0.2) is 0 Å². The predicted molar refractivity (Wildman–Crippen MR) is 74.7 cm³/mol. The molecule has 0 bridgehead atoms. The van der Waals surface area contributed by atoms with E-state index in [9.17, 15) is 12.8 Å². The highest BCUT2D eigenvalue weighted by molar-refractivity contribution is 7.89. The summed E-state index contributed by atoms with van der Waals surface area (Å²) in [5, 5.41) is 0. The molecule has 0 radical (unpaired) electrons.